The summed E-state index contributed by atoms with van der Waals surface area (Å²) in [5, 5.41) is 8.19. The van der Waals surface area contributed by atoms with Crippen molar-refractivity contribution < 1.29 is 19.0 Å². The molecule has 1 aromatic carbocycles. The molecule has 0 amide bonds. The van der Waals surface area contributed by atoms with Crippen LogP contribution in [-0.4, -0.2) is 72.4 Å². The van der Waals surface area contributed by atoms with E-state index in [1.807, 2.05) is 31.2 Å². The molecule has 0 N–H and O–H groups in total. The summed E-state index contributed by atoms with van der Waals surface area (Å²) >= 11 is 0. The van der Waals surface area contributed by atoms with Gasteiger partial charge in [0.1, 0.15) is 12.4 Å². The summed E-state index contributed by atoms with van der Waals surface area (Å²) in [5.74, 6) is 0.485. The zero-order valence-corrected chi connectivity index (χ0v) is 15.2. The Bertz CT molecular complexity index is 723. The Kier molecular flexibility index (Phi) is 6.19. The fourth-order valence-electron chi connectivity index (χ4n) is 2.78. The maximum Gasteiger partial charge on any atom is 0.311 e. The van der Waals surface area contributed by atoms with Crippen molar-refractivity contribution in [1.82, 2.24) is 19.9 Å². The molecule has 140 valence electrons. The second kappa shape index (κ2) is 8.77. The van der Waals surface area contributed by atoms with Crippen molar-refractivity contribution in [3.63, 3.8) is 0 Å². The average molecular weight is 360 g/mol. The quantitative estimate of drug-likeness (QED) is 0.682. The van der Waals surface area contributed by atoms with Gasteiger partial charge in [0.05, 0.1) is 43.8 Å². The van der Waals surface area contributed by atoms with Gasteiger partial charge in [-0.2, -0.15) is 0 Å². The standard InChI is InChI=1S/C18H24N4O4/c1-14-17(13-18(23)24-2)19-20-22(14)15-3-5-16(6-4-15)26-12-9-21-7-10-25-11-8-21/h3-6H,7-13H2,1-2H3. The molecule has 26 heavy (non-hydrogen) atoms. The molecule has 1 fully saturated rings. The molecule has 0 radical (unpaired) electrons. The number of carbonyl (C=O) groups excluding carboxylic acids is 1. The van der Waals surface area contributed by atoms with Crippen molar-refractivity contribution in [3.05, 3.63) is 35.7 Å². The van der Waals surface area contributed by atoms with Crippen molar-refractivity contribution >= 4 is 5.97 Å². The van der Waals surface area contributed by atoms with Crippen LogP contribution in [0.3, 0.4) is 0 Å². The molecule has 0 bridgehead atoms. The number of rotatable bonds is 7. The third-order valence-electron chi connectivity index (χ3n) is 4.39. The summed E-state index contributed by atoms with van der Waals surface area (Å²) in [5.41, 5.74) is 2.30. The van der Waals surface area contributed by atoms with Gasteiger partial charge in [-0.1, -0.05) is 5.21 Å². The maximum atomic E-state index is 11.4. The van der Waals surface area contributed by atoms with E-state index in [2.05, 4.69) is 19.9 Å². The van der Waals surface area contributed by atoms with Gasteiger partial charge in [-0.3, -0.25) is 9.69 Å². The zero-order valence-electron chi connectivity index (χ0n) is 15.2. The zero-order chi connectivity index (χ0) is 18.4. The van der Waals surface area contributed by atoms with Gasteiger partial charge in [0.25, 0.3) is 0 Å². The van der Waals surface area contributed by atoms with E-state index >= 15 is 0 Å². The number of ether oxygens (including phenoxy) is 3. The Morgan fingerprint density at radius 2 is 1.96 bits per heavy atom. The van der Waals surface area contributed by atoms with Crippen LogP contribution in [0.2, 0.25) is 0 Å². The second-order valence-corrected chi connectivity index (χ2v) is 6.08. The first-order chi connectivity index (χ1) is 12.7. The van der Waals surface area contributed by atoms with Crippen LogP contribution in [0.4, 0.5) is 0 Å². The Hall–Kier alpha value is -2.45. The topological polar surface area (TPSA) is 78.7 Å². The first kappa shape index (κ1) is 18.3. The number of methoxy groups -OCH3 is 1. The van der Waals surface area contributed by atoms with Crippen LogP contribution in [0.25, 0.3) is 5.69 Å². The third kappa shape index (κ3) is 4.59. The van der Waals surface area contributed by atoms with Crippen LogP contribution in [0.5, 0.6) is 5.75 Å². The molecular weight excluding hydrogens is 336 g/mol. The molecule has 0 aliphatic carbocycles. The van der Waals surface area contributed by atoms with Gasteiger partial charge in [0, 0.05) is 19.6 Å². The highest BCUT2D eigenvalue weighted by atomic mass is 16.5. The predicted molar refractivity (Wildman–Crippen MR) is 94.6 cm³/mol. The number of aromatic nitrogens is 3. The second-order valence-electron chi connectivity index (χ2n) is 6.08. The van der Waals surface area contributed by atoms with Gasteiger partial charge in [0.15, 0.2) is 0 Å². The van der Waals surface area contributed by atoms with Crippen LogP contribution in [0, 0.1) is 6.92 Å². The monoisotopic (exact) mass is 360 g/mol. The lowest BCUT2D eigenvalue weighted by molar-refractivity contribution is -0.139. The molecule has 0 saturated carbocycles. The fraction of sp³-hybridized carbons (Fsp3) is 0.500. The highest BCUT2D eigenvalue weighted by molar-refractivity contribution is 5.72. The number of nitrogens with zero attached hydrogens (tertiary/aromatic N) is 4. The minimum Gasteiger partial charge on any atom is -0.492 e. The lowest BCUT2D eigenvalue weighted by Gasteiger charge is -2.26. The van der Waals surface area contributed by atoms with Crippen LogP contribution in [0.1, 0.15) is 11.4 Å². The van der Waals surface area contributed by atoms with Crippen molar-refractivity contribution in [2.45, 2.75) is 13.3 Å². The van der Waals surface area contributed by atoms with Crippen molar-refractivity contribution in [1.29, 1.82) is 0 Å². The first-order valence-corrected chi connectivity index (χ1v) is 8.68. The molecule has 1 saturated heterocycles. The summed E-state index contributed by atoms with van der Waals surface area (Å²) in [4.78, 5) is 13.7. The Morgan fingerprint density at radius 3 is 2.65 bits per heavy atom. The van der Waals surface area contributed by atoms with Crippen LogP contribution >= 0.6 is 0 Å². The van der Waals surface area contributed by atoms with E-state index < -0.39 is 0 Å². The minimum absolute atomic E-state index is 0.116. The summed E-state index contributed by atoms with van der Waals surface area (Å²) < 4.78 is 17.5. The van der Waals surface area contributed by atoms with Gasteiger partial charge in [0.2, 0.25) is 0 Å². The highest BCUT2D eigenvalue weighted by Crippen LogP contribution is 2.17. The van der Waals surface area contributed by atoms with Gasteiger partial charge in [-0.05, 0) is 31.2 Å². The molecule has 1 aromatic heterocycles. The van der Waals surface area contributed by atoms with E-state index in [0.717, 1.165) is 50.0 Å². The van der Waals surface area contributed by atoms with Crippen LogP contribution < -0.4 is 4.74 Å². The normalized spacial score (nSPS) is 15.0. The summed E-state index contributed by atoms with van der Waals surface area (Å²) in [6.45, 7) is 6.93. The Morgan fingerprint density at radius 1 is 1.23 bits per heavy atom. The van der Waals surface area contributed by atoms with E-state index in [0.29, 0.717) is 12.3 Å². The first-order valence-electron chi connectivity index (χ1n) is 8.68. The third-order valence-corrected chi connectivity index (χ3v) is 4.39. The van der Waals surface area contributed by atoms with E-state index in [4.69, 9.17) is 9.47 Å². The SMILES string of the molecule is COC(=O)Cc1nnn(-c2ccc(OCCN3CCOCC3)cc2)c1C. The predicted octanol–water partition coefficient (Wildman–Crippen LogP) is 1.00. The van der Waals surface area contributed by atoms with Gasteiger partial charge >= 0.3 is 5.97 Å². The van der Waals surface area contributed by atoms with Crippen molar-refractivity contribution in [2.75, 3.05) is 46.6 Å². The number of morpholine rings is 1. The maximum absolute atomic E-state index is 11.4. The lowest BCUT2D eigenvalue weighted by Crippen LogP contribution is -2.38. The van der Waals surface area contributed by atoms with Crippen molar-refractivity contribution in [3.8, 4) is 11.4 Å². The number of benzene rings is 1. The number of carbonyl (C=O) groups is 1. The molecule has 0 atom stereocenters. The fourth-order valence-corrected chi connectivity index (χ4v) is 2.78. The number of esters is 1. The summed E-state index contributed by atoms with van der Waals surface area (Å²) in [6, 6.07) is 7.67. The van der Waals surface area contributed by atoms with Gasteiger partial charge < -0.3 is 14.2 Å². The molecule has 2 aromatic rings. The van der Waals surface area contributed by atoms with Crippen LogP contribution in [-0.2, 0) is 20.7 Å². The molecule has 1 aliphatic heterocycles. The van der Waals surface area contributed by atoms with E-state index in [-0.39, 0.29) is 12.4 Å². The molecule has 8 heteroatoms. The lowest BCUT2D eigenvalue weighted by atomic mass is 10.2. The number of hydrogen-bond acceptors (Lipinski definition) is 7. The van der Waals surface area contributed by atoms with Gasteiger partial charge in [-0.15, -0.1) is 5.10 Å². The minimum atomic E-state index is -0.329. The van der Waals surface area contributed by atoms with E-state index in [1.165, 1.54) is 7.11 Å². The Labute approximate surface area is 152 Å². The van der Waals surface area contributed by atoms with Gasteiger partial charge in [-0.25, -0.2) is 4.68 Å². The van der Waals surface area contributed by atoms with E-state index in [1.54, 1.807) is 4.68 Å². The smallest absolute Gasteiger partial charge is 0.311 e. The molecule has 1 aliphatic rings. The molecule has 8 nitrogen and oxygen atoms in total. The highest BCUT2D eigenvalue weighted by Gasteiger charge is 2.14. The number of hydrogen-bond donors (Lipinski definition) is 0. The molecular formula is C18H24N4O4. The summed E-state index contributed by atoms with van der Waals surface area (Å²) in [7, 11) is 1.36. The largest absolute Gasteiger partial charge is 0.492 e. The molecule has 0 unspecified atom stereocenters. The average Bonchev–Trinajstić information content (AvgIpc) is 3.03. The van der Waals surface area contributed by atoms with E-state index in [9.17, 15) is 4.79 Å². The summed E-state index contributed by atoms with van der Waals surface area (Å²) in [6.07, 6.45) is 0.116. The van der Waals surface area contributed by atoms with Crippen molar-refractivity contribution in [2.24, 2.45) is 0 Å². The molecule has 0 spiro atoms. The van der Waals surface area contributed by atoms with Crippen LogP contribution in [0.15, 0.2) is 24.3 Å². The Balaban J connectivity index is 1.56. The molecule has 2 heterocycles. The molecule has 3 rings (SSSR count).